The highest BCUT2D eigenvalue weighted by Gasteiger charge is 2.28. The number of fused-ring (bicyclic) bond motifs is 1. The van der Waals surface area contributed by atoms with Crippen LogP contribution in [0.3, 0.4) is 0 Å². The van der Waals surface area contributed by atoms with Crippen LogP contribution < -0.4 is 0 Å². The van der Waals surface area contributed by atoms with Crippen molar-refractivity contribution in [3.05, 3.63) is 60.1 Å². The Morgan fingerprint density at radius 2 is 2.25 bits per heavy atom. The zero-order chi connectivity index (χ0) is 16.5. The van der Waals surface area contributed by atoms with Crippen molar-refractivity contribution in [1.82, 2.24) is 24.3 Å². The topological polar surface area (TPSA) is 72.6 Å². The lowest BCUT2D eigenvalue weighted by Crippen LogP contribution is -2.42. The summed E-state index contributed by atoms with van der Waals surface area (Å²) in [4.78, 5) is 27.4. The van der Waals surface area contributed by atoms with E-state index in [1.54, 1.807) is 29.7 Å². The first-order valence-corrected chi connectivity index (χ1v) is 7.84. The van der Waals surface area contributed by atoms with Crippen molar-refractivity contribution in [3.63, 3.8) is 0 Å². The Bertz CT molecular complexity index is 877. The standard InChI is InChI=1S/C17H17N5O2/c1-12-3-2-4-16-20-14(10-22(12)16)17(23)21-7-8-24-15(11-21)13-9-18-5-6-19-13/h2-6,9-10,15H,7-8,11H2,1H3/t15-/m0/s1. The molecule has 1 fully saturated rings. The number of carbonyl (C=O) groups is 1. The van der Waals surface area contributed by atoms with Crippen LogP contribution in [0.2, 0.25) is 0 Å². The molecule has 1 saturated heterocycles. The van der Waals surface area contributed by atoms with Gasteiger partial charge >= 0.3 is 0 Å². The number of carbonyl (C=O) groups excluding carboxylic acids is 1. The van der Waals surface area contributed by atoms with Crippen molar-refractivity contribution in [3.8, 4) is 0 Å². The third-order valence-electron chi connectivity index (χ3n) is 4.18. The van der Waals surface area contributed by atoms with Crippen molar-refractivity contribution in [2.24, 2.45) is 0 Å². The molecule has 1 aliphatic heterocycles. The van der Waals surface area contributed by atoms with Crippen molar-refractivity contribution < 1.29 is 9.53 Å². The van der Waals surface area contributed by atoms with Crippen LogP contribution >= 0.6 is 0 Å². The molecule has 0 N–H and O–H groups in total. The number of nitrogens with zero attached hydrogens (tertiary/aromatic N) is 5. The molecule has 0 aliphatic carbocycles. The fourth-order valence-corrected chi connectivity index (χ4v) is 2.90. The van der Waals surface area contributed by atoms with Gasteiger partial charge in [0.2, 0.25) is 0 Å². The number of aromatic nitrogens is 4. The number of pyridine rings is 1. The molecule has 4 rings (SSSR count). The molecular formula is C17H17N5O2. The van der Waals surface area contributed by atoms with Gasteiger partial charge < -0.3 is 14.0 Å². The van der Waals surface area contributed by atoms with E-state index in [2.05, 4.69) is 15.0 Å². The van der Waals surface area contributed by atoms with Crippen LogP contribution in [0.25, 0.3) is 5.65 Å². The second kappa shape index (κ2) is 6.01. The maximum atomic E-state index is 12.8. The van der Waals surface area contributed by atoms with Gasteiger partial charge in [0.15, 0.2) is 0 Å². The minimum absolute atomic E-state index is 0.0877. The summed E-state index contributed by atoms with van der Waals surface area (Å²) in [5.41, 5.74) is 3.00. The Labute approximate surface area is 138 Å². The first-order valence-electron chi connectivity index (χ1n) is 7.84. The molecule has 4 heterocycles. The van der Waals surface area contributed by atoms with Gasteiger partial charge in [-0.25, -0.2) is 4.98 Å². The van der Waals surface area contributed by atoms with Gasteiger partial charge in [-0.15, -0.1) is 0 Å². The number of ether oxygens (including phenoxy) is 1. The quantitative estimate of drug-likeness (QED) is 0.717. The maximum Gasteiger partial charge on any atom is 0.274 e. The van der Waals surface area contributed by atoms with Crippen LogP contribution in [0.5, 0.6) is 0 Å². The molecule has 0 unspecified atom stereocenters. The third-order valence-corrected chi connectivity index (χ3v) is 4.18. The molecule has 1 aliphatic rings. The van der Waals surface area contributed by atoms with Crippen LogP contribution in [0.4, 0.5) is 0 Å². The summed E-state index contributed by atoms with van der Waals surface area (Å²) < 4.78 is 7.66. The summed E-state index contributed by atoms with van der Waals surface area (Å²) in [7, 11) is 0. The Morgan fingerprint density at radius 1 is 1.33 bits per heavy atom. The first kappa shape index (κ1) is 14.8. The van der Waals surface area contributed by atoms with E-state index in [4.69, 9.17) is 4.74 Å². The summed E-state index contributed by atoms with van der Waals surface area (Å²) in [6, 6.07) is 5.82. The van der Waals surface area contributed by atoms with E-state index in [1.165, 1.54) is 0 Å². The Hall–Kier alpha value is -2.80. The number of hydrogen-bond donors (Lipinski definition) is 0. The summed E-state index contributed by atoms with van der Waals surface area (Å²) in [5.74, 6) is -0.0877. The number of aryl methyl sites for hydroxylation is 1. The molecule has 122 valence electrons. The van der Waals surface area contributed by atoms with Gasteiger partial charge in [0, 0.05) is 30.8 Å². The highest BCUT2D eigenvalue weighted by atomic mass is 16.5. The van der Waals surface area contributed by atoms with E-state index in [1.807, 2.05) is 29.5 Å². The average molecular weight is 323 g/mol. The monoisotopic (exact) mass is 323 g/mol. The second-order valence-electron chi connectivity index (χ2n) is 5.76. The highest BCUT2D eigenvalue weighted by Crippen LogP contribution is 2.21. The predicted molar refractivity (Wildman–Crippen MR) is 86.6 cm³/mol. The lowest BCUT2D eigenvalue weighted by molar-refractivity contribution is -0.0250. The molecule has 0 radical (unpaired) electrons. The van der Waals surface area contributed by atoms with Crippen molar-refractivity contribution in [2.75, 3.05) is 19.7 Å². The van der Waals surface area contributed by atoms with E-state index in [0.29, 0.717) is 25.4 Å². The van der Waals surface area contributed by atoms with Crippen LogP contribution in [0.1, 0.15) is 28.0 Å². The van der Waals surface area contributed by atoms with Gasteiger partial charge in [-0.05, 0) is 19.1 Å². The van der Waals surface area contributed by atoms with Gasteiger partial charge in [-0.1, -0.05) is 6.07 Å². The SMILES string of the molecule is Cc1cccc2nc(C(=O)N3CCO[C@H](c4cnccn4)C3)cn12. The molecule has 0 aromatic carbocycles. The van der Waals surface area contributed by atoms with Gasteiger partial charge in [-0.2, -0.15) is 0 Å². The Kier molecular flexibility index (Phi) is 3.70. The fourth-order valence-electron chi connectivity index (χ4n) is 2.90. The largest absolute Gasteiger partial charge is 0.368 e. The van der Waals surface area contributed by atoms with E-state index >= 15 is 0 Å². The molecule has 7 heteroatoms. The van der Waals surface area contributed by atoms with Gasteiger partial charge in [0.05, 0.1) is 25.0 Å². The second-order valence-corrected chi connectivity index (χ2v) is 5.76. The molecule has 3 aromatic rings. The maximum absolute atomic E-state index is 12.8. The van der Waals surface area contributed by atoms with Crippen molar-refractivity contribution >= 4 is 11.6 Å². The predicted octanol–water partition coefficient (Wildman–Crippen LogP) is 1.65. The number of amides is 1. The van der Waals surface area contributed by atoms with Gasteiger partial charge in [0.1, 0.15) is 17.4 Å². The molecule has 24 heavy (non-hydrogen) atoms. The van der Waals surface area contributed by atoms with Crippen LogP contribution in [0.15, 0.2) is 43.0 Å². The molecule has 0 spiro atoms. The molecule has 0 bridgehead atoms. The van der Waals surface area contributed by atoms with Crippen LogP contribution in [0, 0.1) is 6.92 Å². The highest BCUT2D eigenvalue weighted by molar-refractivity contribution is 5.93. The van der Waals surface area contributed by atoms with E-state index < -0.39 is 0 Å². The molecular weight excluding hydrogens is 306 g/mol. The molecule has 7 nitrogen and oxygen atoms in total. The van der Waals surface area contributed by atoms with Crippen LogP contribution in [-0.4, -0.2) is 49.9 Å². The molecule has 1 amide bonds. The molecule has 3 aromatic heterocycles. The van der Waals surface area contributed by atoms with E-state index in [-0.39, 0.29) is 12.0 Å². The molecule has 0 saturated carbocycles. The minimum atomic E-state index is -0.254. The third kappa shape index (κ3) is 2.63. The van der Waals surface area contributed by atoms with Crippen molar-refractivity contribution in [2.45, 2.75) is 13.0 Å². The number of rotatable bonds is 2. The summed E-state index contributed by atoms with van der Waals surface area (Å²) in [6.45, 7) is 3.45. The summed E-state index contributed by atoms with van der Waals surface area (Å²) in [6.07, 6.45) is 6.46. The average Bonchev–Trinajstić information content (AvgIpc) is 3.08. The van der Waals surface area contributed by atoms with Crippen LogP contribution in [-0.2, 0) is 4.74 Å². The Morgan fingerprint density at radius 3 is 3.04 bits per heavy atom. The number of hydrogen-bond acceptors (Lipinski definition) is 5. The summed E-state index contributed by atoms with van der Waals surface area (Å²) >= 11 is 0. The van der Waals surface area contributed by atoms with Gasteiger partial charge in [-0.3, -0.25) is 14.8 Å². The zero-order valence-corrected chi connectivity index (χ0v) is 13.3. The minimum Gasteiger partial charge on any atom is -0.368 e. The lowest BCUT2D eigenvalue weighted by Gasteiger charge is -2.32. The fraction of sp³-hybridized carbons (Fsp3) is 0.294. The van der Waals surface area contributed by atoms with E-state index in [9.17, 15) is 4.79 Å². The smallest absolute Gasteiger partial charge is 0.274 e. The van der Waals surface area contributed by atoms with Gasteiger partial charge in [0.25, 0.3) is 5.91 Å². The number of imidazole rings is 1. The Balaban J connectivity index is 1.58. The lowest BCUT2D eigenvalue weighted by atomic mass is 10.2. The van der Waals surface area contributed by atoms with Crippen molar-refractivity contribution in [1.29, 1.82) is 0 Å². The number of morpholine rings is 1. The van der Waals surface area contributed by atoms with E-state index in [0.717, 1.165) is 17.0 Å². The zero-order valence-electron chi connectivity index (χ0n) is 13.3. The first-order chi connectivity index (χ1) is 11.7. The molecule has 1 atom stereocenters. The summed E-state index contributed by atoms with van der Waals surface area (Å²) in [5, 5.41) is 0. The normalized spacial score (nSPS) is 18.0.